The van der Waals surface area contributed by atoms with E-state index in [-0.39, 0.29) is 11.6 Å². The van der Waals surface area contributed by atoms with Gasteiger partial charge in [0.2, 0.25) is 0 Å². The zero-order valence-electron chi connectivity index (χ0n) is 15.1. The molecule has 0 unspecified atom stereocenters. The number of benzene rings is 1. The van der Waals surface area contributed by atoms with Crippen LogP contribution in [0.4, 0.5) is 5.82 Å². The summed E-state index contributed by atoms with van der Waals surface area (Å²) in [5.74, 6) is -0.417. The van der Waals surface area contributed by atoms with E-state index in [1.165, 1.54) is 0 Å². The first-order valence-electron chi connectivity index (χ1n) is 8.94. The summed E-state index contributed by atoms with van der Waals surface area (Å²) in [7, 11) is 0. The number of amides is 2. The van der Waals surface area contributed by atoms with Crippen molar-refractivity contribution in [2.24, 2.45) is 0 Å². The highest BCUT2D eigenvalue weighted by molar-refractivity contribution is 9.10. The molecule has 0 radical (unpaired) electrons. The molecular weight excluding hydrogens is 450 g/mol. The van der Waals surface area contributed by atoms with Gasteiger partial charge in [-0.25, -0.2) is 0 Å². The molecule has 28 heavy (non-hydrogen) atoms. The Hall–Kier alpha value is -1.94. The molecule has 1 aliphatic heterocycles. The van der Waals surface area contributed by atoms with Crippen molar-refractivity contribution >= 4 is 45.2 Å². The first kappa shape index (κ1) is 20.8. The minimum atomic E-state index is -0.396. The molecule has 3 rings (SSSR count). The molecule has 1 aliphatic rings. The van der Waals surface area contributed by atoms with Crippen LogP contribution in [-0.2, 0) is 4.74 Å². The molecule has 0 aliphatic carbocycles. The molecular formula is C18H21BrClN5O3. The number of morpholine rings is 1. The number of carbonyl (C=O) groups excluding carboxylic acids is 2. The van der Waals surface area contributed by atoms with Crippen LogP contribution in [0.1, 0.15) is 27.3 Å². The van der Waals surface area contributed by atoms with Crippen molar-refractivity contribution < 1.29 is 14.3 Å². The SMILES string of the molecule is O=C(Nc1[nH]nc(C(=O)NCCCN2CCOCC2)c1Br)c1ccccc1Cl. The maximum Gasteiger partial charge on any atom is 0.273 e. The van der Waals surface area contributed by atoms with Crippen molar-refractivity contribution in [3.8, 4) is 0 Å². The number of aromatic amines is 1. The molecule has 3 N–H and O–H groups in total. The lowest BCUT2D eigenvalue weighted by atomic mass is 10.2. The van der Waals surface area contributed by atoms with Crippen LogP contribution in [0.15, 0.2) is 28.7 Å². The number of carbonyl (C=O) groups is 2. The number of rotatable bonds is 7. The number of anilines is 1. The normalized spacial score (nSPS) is 14.6. The topological polar surface area (TPSA) is 99.3 Å². The summed E-state index contributed by atoms with van der Waals surface area (Å²) in [5, 5.41) is 12.5. The van der Waals surface area contributed by atoms with E-state index >= 15 is 0 Å². The van der Waals surface area contributed by atoms with E-state index in [2.05, 4.69) is 41.7 Å². The molecule has 0 bridgehead atoms. The fourth-order valence-electron chi connectivity index (χ4n) is 2.80. The van der Waals surface area contributed by atoms with Gasteiger partial charge in [0, 0.05) is 19.6 Å². The minimum Gasteiger partial charge on any atom is -0.379 e. The summed E-state index contributed by atoms with van der Waals surface area (Å²) in [6.07, 6.45) is 0.837. The number of nitrogens with one attached hydrogen (secondary N) is 3. The molecule has 0 atom stereocenters. The monoisotopic (exact) mass is 469 g/mol. The van der Waals surface area contributed by atoms with Crippen LogP contribution in [0.2, 0.25) is 5.02 Å². The number of aromatic nitrogens is 2. The fraction of sp³-hybridized carbons (Fsp3) is 0.389. The number of ether oxygens (including phenoxy) is 1. The number of hydrogen-bond donors (Lipinski definition) is 3. The van der Waals surface area contributed by atoms with Gasteiger partial charge in [0.05, 0.1) is 28.3 Å². The Morgan fingerprint density at radius 1 is 1.25 bits per heavy atom. The van der Waals surface area contributed by atoms with Gasteiger partial charge in [-0.2, -0.15) is 5.10 Å². The zero-order valence-corrected chi connectivity index (χ0v) is 17.5. The van der Waals surface area contributed by atoms with Crippen molar-refractivity contribution in [3.63, 3.8) is 0 Å². The van der Waals surface area contributed by atoms with E-state index in [0.29, 0.717) is 27.4 Å². The molecule has 0 saturated carbocycles. The largest absolute Gasteiger partial charge is 0.379 e. The zero-order chi connectivity index (χ0) is 19.9. The van der Waals surface area contributed by atoms with Crippen LogP contribution in [-0.4, -0.2) is 66.3 Å². The first-order valence-corrected chi connectivity index (χ1v) is 10.1. The Morgan fingerprint density at radius 3 is 2.75 bits per heavy atom. The van der Waals surface area contributed by atoms with Crippen LogP contribution in [0, 0.1) is 0 Å². The molecule has 8 nitrogen and oxygen atoms in total. The third-order valence-electron chi connectivity index (χ3n) is 4.32. The lowest BCUT2D eigenvalue weighted by molar-refractivity contribution is 0.0374. The summed E-state index contributed by atoms with van der Waals surface area (Å²) >= 11 is 9.35. The van der Waals surface area contributed by atoms with Gasteiger partial charge in [-0.05, 0) is 41.0 Å². The lowest BCUT2D eigenvalue weighted by Gasteiger charge is -2.26. The highest BCUT2D eigenvalue weighted by Crippen LogP contribution is 2.25. The van der Waals surface area contributed by atoms with Gasteiger partial charge < -0.3 is 15.4 Å². The quantitative estimate of drug-likeness (QED) is 0.540. The van der Waals surface area contributed by atoms with E-state index in [0.717, 1.165) is 39.3 Å². The number of hydrogen-bond acceptors (Lipinski definition) is 5. The van der Waals surface area contributed by atoms with Gasteiger partial charge in [-0.3, -0.25) is 19.6 Å². The minimum absolute atomic E-state index is 0.181. The summed E-state index contributed by atoms with van der Waals surface area (Å²) in [4.78, 5) is 27.0. The van der Waals surface area contributed by atoms with E-state index in [9.17, 15) is 9.59 Å². The fourth-order valence-corrected chi connectivity index (χ4v) is 3.48. The third-order valence-corrected chi connectivity index (χ3v) is 5.42. The van der Waals surface area contributed by atoms with Crippen LogP contribution in [0.3, 0.4) is 0 Å². The van der Waals surface area contributed by atoms with E-state index in [1.807, 2.05) is 0 Å². The second-order valence-corrected chi connectivity index (χ2v) is 7.46. The van der Waals surface area contributed by atoms with Gasteiger partial charge in [0.1, 0.15) is 5.82 Å². The van der Waals surface area contributed by atoms with E-state index in [4.69, 9.17) is 16.3 Å². The Bertz CT molecular complexity index is 838. The summed E-state index contributed by atoms with van der Waals surface area (Å²) in [6.45, 7) is 4.81. The maximum absolute atomic E-state index is 12.3. The Labute approximate surface area is 176 Å². The average Bonchev–Trinajstić information content (AvgIpc) is 3.06. The van der Waals surface area contributed by atoms with Crippen LogP contribution >= 0.6 is 27.5 Å². The molecule has 10 heteroatoms. The van der Waals surface area contributed by atoms with Crippen molar-refractivity contribution in [1.82, 2.24) is 20.4 Å². The number of nitrogens with zero attached hydrogens (tertiary/aromatic N) is 2. The molecule has 0 spiro atoms. The predicted molar refractivity (Wildman–Crippen MR) is 110 cm³/mol. The molecule has 1 aromatic carbocycles. The van der Waals surface area contributed by atoms with Gasteiger partial charge in [-0.15, -0.1) is 0 Å². The summed E-state index contributed by atoms with van der Waals surface area (Å²) in [5.41, 5.74) is 0.514. The maximum atomic E-state index is 12.3. The van der Waals surface area contributed by atoms with Crippen molar-refractivity contribution in [2.75, 3.05) is 44.7 Å². The van der Waals surface area contributed by atoms with E-state index in [1.54, 1.807) is 24.3 Å². The van der Waals surface area contributed by atoms with Crippen molar-refractivity contribution in [3.05, 3.63) is 45.0 Å². The Morgan fingerprint density at radius 2 is 2.00 bits per heavy atom. The van der Waals surface area contributed by atoms with Crippen LogP contribution < -0.4 is 10.6 Å². The van der Waals surface area contributed by atoms with Crippen molar-refractivity contribution in [1.29, 1.82) is 0 Å². The average molecular weight is 471 g/mol. The van der Waals surface area contributed by atoms with Gasteiger partial charge >= 0.3 is 0 Å². The highest BCUT2D eigenvalue weighted by atomic mass is 79.9. The molecule has 150 valence electrons. The van der Waals surface area contributed by atoms with Gasteiger partial charge in [0.15, 0.2) is 5.69 Å². The Balaban J connectivity index is 1.51. The number of H-pyrrole nitrogens is 1. The molecule has 1 aromatic heterocycles. The third kappa shape index (κ3) is 5.32. The molecule has 2 heterocycles. The first-order chi connectivity index (χ1) is 13.6. The van der Waals surface area contributed by atoms with Crippen molar-refractivity contribution in [2.45, 2.75) is 6.42 Å². The van der Waals surface area contributed by atoms with Crippen LogP contribution in [0.25, 0.3) is 0 Å². The van der Waals surface area contributed by atoms with Gasteiger partial charge in [0.25, 0.3) is 11.8 Å². The molecule has 1 saturated heterocycles. The summed E-state index contributed by atoms with van der Waals surface area (Å²) < 4.78 is 5.70. The van der Waals surface area contributed by atoms with E-state index < -0.39 is 5.91 Å². The van der Waals surface area contributed by atoms with Crippen LogP contribution in [0.5, 0.6) is 0 Å². The number of halogens is 2. The lowest BCUT2D eigenvalue weighted by Crippen LogP contribution is -2.38. The Kier molecular flexibility index (Phi) is 7.43. The summed E-state index contributed by atoms with van der Waals surface area (Å²) in [6, 6.07) is 6.71. The molecule has 2 aromatic rings. The smallest absolute Gasteiger partial charge is 0.273 e. The molecule has 2 amide bonds. The predicted octanol–water partition coefficient (Wildman–Crippen LogP) is 2.53. The second-order valence-electron chi connectivity index (χ2n) is 6.26. The second kappa shape index (κ2) is 10.0. The standard InChI is InChI=1S/C18H21BrClN5O3/c19-14-15(18(27)21-6-3-7-25-8-10-28-11-9-25)23-24-16(14)22-17(26)12-4-1-2-5-13(12)20/h1-2,4-5H,3,6-11H2,(H,21,27)(H2,22,23,24,26). The van der Waals surface area contributed by atoms with Gasteiger partial charge in [-0.1, -0.05) is 23.7 Å². The highest BCUT2D eigenvalue weighted by Gasteiger charge is 2.20. The molecule has 1 fully saturated rings.